The third-order valence-corrected chi connectivity index (χ3v) is 2.79. The van der Waals surface area contributed by atoms with Gasteiger partial charge in [-0.3, -0.25) is 4.79 Å². The van der Waals surface area contributed by atoms with Crippen LogP contribution in [0.2, 0.25) is 0 Å². The van der Waals surface area contributed by atoms with E-state index in [0.717, 1.165) is 5.92 Å². The molecule has 1 amide bonds. The zero-order chi connectivity index (χ0) is 8.97. The Kier molecular flexibility index (Phi) is 3.57. The first kappa shape index (κ1) is 9.56. The SMILES string of the molecule is CC(=O)N[C@H](C)C1CCCCC1. The van der Waals surface area contributed by atoms with Gasteiger partial charge in [0.1, 0.15) is 0 Å². The summed E-state index contributed by atoms with van der Waals surface area (Å²) in [5.41, 5.74) is 0. The van der Waals surface area contributed by atoms with E-state index >= 15 is 0 Å². The lowest BCUT2D eigenvalue weighted by molar-refractivity contribution is -0.119. The lowest BCUT2D eigenvalue weighted by Crippen LogP contribution is -2.37. The standard InChI is InChI=1S/C10H19NO/c1-8(11-9(2)12)10-6-4-3-5-7-10/h8,10H,3-7H2,1-2H3,(H,11,12)/t8-/m1/s1. The van der Waals surface area contributed by atoms with Crippen LogP contribution in [-0.4, -0.2) is 11.9 Å². The summed E-state index contributed by atoms with van der Waals surface area (Å²) in [6, 6.07) is 0.378. The van der Waals surface area contributed by atoms with Crippen LogP contribution < -0.4 is 5.32 Å². The normalized spacial score (nSPS) is 21.8. The molecule has 1 N–H and O–H groups in total. The van der Waals surface area contributed by atoms with Crippen LogP contribution in [0.1, 0.15) is 46.0 Å². The minimum Gasteiger partial charge on any atom is -0.354 e. The quantitative estimate of drug-likeness (QED) is 0.673. The number of carbonyl (C=O) groups is 1. The van der Waals surface area contributed by atoms with Crippen LogP contribution in [0.15, 0.2) is 0 Å². The van der Waals surface area contributed by atoms with Gasteiger partial charge in [-0.15, -0.1) is 0 Å². The summed E-state index contributed by atoms with van der Waals surface area (Å²) in [5, 5.41) is 2.97. The molecule has 2 heteroatoms. The Morgan fingerprint density at radius 2 is 1.92 bits per heavy atom. The van der Waals surface area contributed by atoms with Gasteiger partial charge in [0.2, 0.25) is 5.91 Å². The fourth-order valence-electron chi connectivity index (χ4n) is 2.07. The van der Waals surface area contributed by atoms with Gasteiger partial charge in [0, 0.05) is 13.0 Å². The number of hydrogen-bond acceptors (Lipinski definition) is 1. The van der Waals surface area contributed by atoms with Crippen molar-refractivity contribution in [2.75, 3.05) is 0 Å². The Balaban J connectivity index is 2.29. The molecule has 1 saturated carbocycles. The molecule has 70 valence electrons. The van der Waals surface area contributed by atoms with Gasteiger partial charge in [0.05, 0.1) is 0 Å². The summed E-state index contributed by atoms with van der Waals surface area (Å²) in [4.78, 5) is 10.8. The summed E-state index contributed by atoms with van der Waals surface area (Å²) in [5.74, 6) is 0.829. The van der Waals surface area contributed by atoms with Crippen LogP contribution in [0, 0.1) is 5.92 Å². The van der Waals surface area contributed by atoms with Gasteiger partial charge in [-0.05, 0) is 25.7 Å². The number of rotatable bonds is 2. The molecule has 1 aliphatic rings. The maximum absolute atomic E-state index is 10.8. The van der Waals surface area contributed by atoms with Gasteiger partial charge in [-0.2, -0.15) is 0 Å². The van der Waals surface area contributed by atoms with Gasteiger partial charge in [-0.1, -0.05) is 19.3 Å². The molecule has 0 aromatic carbocycles. The first-order chi connectivity index (χ1) is 5.70. The predicted molar refractivity (Wildman–Crippen MR) is 49.9 cm³/mol. The number of amides is 1. The van der Waals surface area contributed by atoms with E-state index in [9.17, 15) is 4.79 Å². The summed E-state index contributed by atoms with van der Waals surface area (Å²) in [6.07, 6.45) is 6.65. The number of carbonyl (C=O) groups excluding carboxylic acids is 1. The third-order valence-electron chi connectivity index (χ3n) is 2.79. The zero-order valence-corrected chi connectivity index (χ0v) is 8.10. The van der Waals surface area contributed by atoms with Crippen LogP contribution >= 0.6 is 0 Å². The zero-order valence-electron chi connectivity index (χ0n) is 8.10. The molecule has 0 aromatic rings. The molecule has 0 aromatic heterocycles. The van der Waals surface area contributed by atoms with Gasteiger partial charge < -0.3 is 5.32 Å². The molecule has 0 radical (unpaired) electrons. The van der Waals surface area contributed by atoms with E-state index in [1.165, 1.54) is 32.1 Å². The van der Waals surface area contributed by atoms with Crippen molar-refractivity contribution in [1.29, 1.82) is 0 Å². The Bertz CT molecular complexity index is 150. The molecule has 12 heavy (non-hydrogen) atoms. The molecule has 0 aliphatic heterocycles. The second-order valence-electron chi connectivity index (χ2n) is 3.89. The maximum Gasteiger partial charge on any atom is 0.217 e. The lowest BCUT2D eigenvalue weighted by Gasteiger charge is -2.27. The van der Waals surface area contributed by atoms with E-state index in [-0.39, 0.29) is 5.91 Å². The van der Waals surface area contributed by atoms with Crippen molar-refractivity contribution in [3.63, 3.8) is 0 Å². The minimum atomic E-state index is 0.105. The molecule has 1 rings (SSSR count). The number of hydrogen-bond donors (Lipinski definition) is 1. The summed E-state index contributed by atoms with van der Waals surface area (Å²) in [6.45, 7) is 3.72. The van der Waals surface area contributed by atoms with Crippen LogP contribution in [0.5, 0.6) is 0 Å². The molecule has 0 unspecified atom stereocenters. The molecule has 1 aliphatic carbocycles. The second kappa shape index (κ2) is 4.48. The average molecular weight is 169 g/mol. The van der Waals surface area contributed by atoms with Crippen molar-refractivity contribution in [1.82, 2.24) is 5.32 Å². The van der Waals surface area contributed by atoms with Gasteiger partial charge in [0.15, 0.2) is 0 Å². The molecule has 1 atom stereocenters. The molecule has 2 nitrogen and oxygen atoms in total. The molecular formula is C10H19NO. The molecule has 0 bridgehead atoms. The first-order valence-electron chi connectivity index (χ1n) is 4.97. The van der Waals surface area contributed by atoms with Crippen molar-refractivity contribution >= 4 is 5.91 Å². The predicted octanol–water partition coefficient (Wildman–Crippen LogP) is 2.09. The maximum atomic E-state index is 10.8. The van der Waals surface area contributed by atoms with Gasteiger partial charge in [0.25, 0.3) is 0 Å². The Morgan fingerprint density at radius 1 is 1.33 bits per heavy atom. The number of nitrogens with one attached hydrogen (secondary N) is 1. The topological polar surface area (TPSA) is 29.1 Å². The summed E-state index contributed by atoms with van der Waals surface area (Å²) in [7, 11) is 0. The van der Waals surface area contributed by atoms with E-state index in [1.54, 1.807) is 6.92 Å². The summed E-state index contributed by atoms with van der Waals surface area (Å²) < 4.78 is 0. The first-order valence-corrected chi connectivity index (χ1v) is 4.97. The highest BCUT2D eigenvalue weighted by atomic mass is 16.1. The van der Waals surface area contributed by atoms with Crippen molar-refractivity contribution < 1.29 is 4.79 Å². The fraction of sp³-hybridized carbons (Fsp3) is 0.900. The van der Waals surface area contributed by atoms with Crippen molar-refractivity contribution in [2.24, 2.45) is 5.92 Å². The van der Waals surface area contributed by atoms with Gasteiger partial charge >= 0.3 is 0 Å². The van der Waals surface area contributed by atoms with Crippen LogP contribution in [0.3, 0.4) is 0 Å². The highest BCUT2D eigenvalue weighted by molar-refractivity contribution is 5.73. The van der Waals surface area contributed by atoms with E-state index in [1.807, 2.05) is 0 Å². The molecule has 1 fully saturated rings. The minimum absolute atomic E-state index is 0.105. The largest absolute Gasteiger partial charge is 0.354 e. The molecule has 0 saturated heterocycles. The van der Waals surface area contributed by atoms with E-state index in [4.69, 9.17) is 0 Å². The second-order valence-corrected chi connectivity index (χ2v) is 3.89. The van der Waals surface area contributed by atoms with E-state index < -0.39 is 0 Å². The van der Waals surface area contributed by atoms with E-state index in [2.05, 4.69) is 12.2 Å². The Hall–Kier alpha value is -0.530. The Labute approximate surface area is 74.7 Å². The fourth-order valence-corrected chi connectivity index (χ4v) is 2.07. The molecule has 0 heterocycles. The van der Waals surface area contributed by atoms with Crippen molar-refractivity contribution in [3.05, 3.63) is 0 Å². The molecular weight excluding hydrogens is 150 g/mol. The Morgan fingerprint density at radius 3 is 2.42 bits per heavy atom. The van der Waals surface area contributed by atoms with Crippen LogP contribution in [-0.2, 0) is 4.79 Å². The summed E-state index contributed by atoms with van der Waals surface area (Å²) >= 11 is 0. The van der Waals surface area contributed by atoms with Crippen LogP contribution in [0.25, 0.3) is 0 Å². The van der Waals surface area contributed by atoms with Crippen molar-refractivity contribution in [2.45, 2.75) is 52.0 Å². The average Bonchev–Trinajstić information content (AvgIpc) is 2.05. The van der Waals surface area contributed by atoms with Crippen LogP contribution in [0.4, 0.5) is 0 Å². The highest BCUT2D eigenvalue weighted by Crippen LogP contribution is 2.26. The van der Waals surface area contributed by atoms with Gasteiger partial charge in [-0.25, -0.2) is 0 Å². The van der Waals surface area contributed by atoms with E-state index in [0.29, 0.717) is 6.04 Å². The monoisotopic (exact) mass is 169 g/mol. The smallest absolute Gasteiger partial charge is 0.217 e. The third kappa shape index (κ3) is 2.84. The highest BCUT2D eigenvalue weighted by Gasteiger charge is 2.19. The van der Waals surface area contributed by atoms with Crippen molar-refractivity contribution in [3.8, 4) is 0 Å². The molecule has 0 spiro atoms. The lowest BCUT2D eigenvalue weighted by atomic mass is 9.84.